The summed E-state index contributed by atoms with van der Waals surface area (Å²) in [6, 6.07) is 19.7. The number of carbonyl (C=O) groups excluding carboxylic acids is 3. The van der Waals surface area contributed by atoms with Crippen molar-refractivity contribution >= 4 is 41.1 Å². The van der Waals surface area contributed by atoms with E-state index in [0.29, 0.717) is 35.7 Å². The maximum Gasteiger partial charge on any atom is 0.305 e. The smallest absolute Gasteiger partial charge is 0.305 e. The van der Waals surface area contributed by atoms with Crippen LogP contribution in [0.25, 0.3) is 0 Å². The van der Waals surface area contributed by atoms with Crippen molar-refractivity contribution in [1.82, 2.24) is 0 Å². The predicted molar refractivity (Wildman–Crippen MR) is 130 cm³/mol. The van der Waals surface area contributed by atoms with E-state index in [1.807, 2.05) is 24.3 Å². The van der Waals surface area contributed by atoms with Crippen LogP contribution in [-0.4, -0.2) is 32.8 Å². The van der Waals surface area contributed by atoms with Crippen molar-refractivity contribution in [2.75, 3.05) is 14.2 Å². The summed E-state index contributed by atoms with van der Waals surface area (Å²) in [5.74, 6) is 1.48. The van der Waals surface area contributed by atoms with Crippen LogP contribution in [0, 0.1) is 3.57 Å². The summed E-state index contributed by atoms with van der Waals surface area (Å²) in [4.78, 5) is 32.0. The zero-order valence-corrected chi connectivity index (χ0v) is 19.9. The van der Waals surface area contributed by atoms with Gasteiger partial charge in [0.05, 0.1) is 14.2 Å². The van der Waals surface area contributed by atoms with Gasteiger partial charge in [0.2, 0.25) is 0 Å². The number of aryl methyl sites for hydroxylation is 1. The number of ether oxygens (including phenoxy) is 3. The molecule has 0 aliphatic carbocycles. The van der Waals surface area contributed by atoms with Crippen LogP contribution in [-0.2, 0) is 16.0 Å². The Morgan fingerprint density at radius 2 is 1.44 bits per heavy atom. The maximum absolute atomic E-state index is 11.2. The first-order valence-electron chi connectivity index (χ1n) is 9.66. The summed E-state index contributed by atoms with van der Waals surface area (Å²) in [6.45, 7) is 0. The fourth-order valence-electron chi connectivity index (χ4n) is 2.59. The number of aldehydes is 2. The van der Waals surface area contributed by atoms with Crippen LogP contribution in [0.5, 0.6) is 17.2 Å². The highest BCUT2D eigenvalue weighted by Gasteiger charge is 2.09. The van der Waals surface area contributed by atoms with Crippen LogP contribution in [0.3, 0.4) is 0 Å². The van der Waals surface area contributed by atoms with Crippen molar-refractivity contribution in [3.05, 3.63) is 87.0 Å². The van der Waals surface area contributed by atoms with E-state index in [1.54, 1.807) is 49.6 Å². The average molecular weight is 546 g/mol. The quantitative estimate of drug-likeness (QED) is 0.211. The molecule has 166 valence electrons. The molecule has 3 rings (SSSR count). The third-order valence-electron chi connectivity index (χ3n) is 4.32. The van der Waals surface area contributed by atoms with E-state index in [-0.39, 0.29) is 5.97 Å². The van der Waals surface area contributed by atoms with Crippen LogP contribution >= 0.6 is 22.6 Å². The molecule has 0 saturated carbocycles. The Kier molecular flexibility index (Phi) is 10.4. The van der Waals surface area contributed by atoms with Gasteiger partial charge in [-0.05, 0) is 83.1 Å². The topological polar surface area (TPSA) is 78.9 Å². The number of carbonyl (C=O) groups is 3. The van der Waals surface area contributed by atoms with Crippen LogP contribution < -0.4 is 9.47 Å². The zero-order valence-electron chi connectivity index (χ0n) is 17.7. The van der Waals surface area contributed by atoms with E-state index >= 15 is 0 Å². The van der Waals surface area contributed by atoms with Gasteiger partial charge in [-0.25, -0.2) is 0 Å². The van der Waals surface area contributed by atoms with Crippen molar-refractivity contribution in [2.45, 2.75) is 12.8 Å². The van der Waals surface area contributed by atoms with Gasteiger partial charge in [0.15, 0.2) is 11.5 Å². The first-order chi connectivity index (χ1) is 15.5. The van der Waals surface area contributed by atoms with E-state index in [4.69, 9.17) is 9.47 Å². The highest BCUT2D eigenvalue weighted by molar-refractivity contribution is 14.1. The molecule has 0 spiro atoms. The summed E-state index contributed by atoms with van der Waals surface area (Å²) in [5, 5.41) is 0. The molecule has 0 radical (unpaired) electrons. The molecule has 0 aliphatic heterocycles. The SMILES string of the molecule is COC(=O)CCc1ccc(OC)c(Oc2ccc(C=O)cc2)c1.O=Cc1ccc(I)cc1. The van der Waals surface area contributed by atoms with Crippen molar-refractivity contribution in [3.63, 3.8) is 0 Å². The molecule has 0 saturated heterocycles. The number of hydrogen-bond acceptors (Lipinski definition) is 6. The molecular weight excluding hydrogens is 523 g/mol. The molecule has 0 N–H and O–H groups in total. The number of hydrogen-bond donors (Lipinski definition) is 0. The van der Waals surface area contributed by atoms with E-state index in [9.17, 15) is 14.4 Å². The molecule has 0 unspecified atom stereocenters. The molecule has 0 fully saturated rings. The van der Waals surface area contributed by atoms with Gasteiger partial charge in [-0.2, -0.15) is 0 Å². The number of halogens is 1. The molecule has 32 heavy (non-hydrogen) atoms. The second-order valence-electron chi connectivity index (χ2n) is 6.52. The standard InChI is InChI=1S/C18H18O5.C7H5IO/c1-21-16-9-5-13(6-10-18(20)22-2)11-17(16)23-15-7-3-14(12-19)4-8-15;8-7-3-1-6(5-9)2-4-7/h3-5,7-9,11-12H,6,10H2,1-2H3;1-5H. The summed E-state index contributed by atoms with van der Waals surface area (Å²) >= 11 is 2.20. The molecule has 6 nitrogen and oxygen atoms in total. The Balaban J connectivity index is 0.000000336. The average Bonchev–Trinajstić information content (AvgIpc) is 2.84. The zero-order chi connectivity index (χ0) is 23.3. The van der Waals surface area contributed by atoms with Crippen molar-refractivity contribution in [2.24, 2.45) is 0 Å². The first-order valence-corrected chi connectivity index (χ1v) is 10.7. The van der Waals surface area contributed by atoms with E-state index in [2.05, 4.69) is 27.3 Å². The molecule has 0 bridgehead atoms. The summed E-state index contributed by atoms with van der Waals surface area (Å²) < 4.78 is 16.9. The van der Waals surface area contributed by atoms with Gasteiger partial charge in [0.1, 0.15) is 18.3 Å². The van der Waals surface area contributed by atoms with Crippen LogP contribution in [0.4, 0.5) is 0 Å². The molecule has 0 aliphatic rings. The summed E-state index contributed by atoms with van der Waals surface area (Å²) in [6.07, 6.45) is 2.47. The largest absolute Gasteiger partial charge is 0.493 e. The highest BCUT2D eigenvalue weighted by Crippen LogP contribution is 2.32. The van der Waals surface area contributed by atoms with Crippen LogP contribution in [0.1, 0.15) is 32.7 Å². The Hall–Kier alpha value is -3.20. The monoisotopic (exact) mass is 546 g/mol. The number of benzene rings is 3. The Morgan fingerprint density at radius 3 is 1.97 bits per heavy atom. The molecule has 0 heterocycles. The second kappa shape index (κ2) is 13.3. The fourth-order valence-corrected chi connectivity index (χ4v) is 2.95. The third-order valence-corrected chi connectivity index (χ3v) is 5.04. The first kappa shape index (κ1) is 25.1. The van der Waals surface area contributed by atoms with Gasteiger partial charge >= 0.3 is 5.97 Å². The maximum atomic E-state index is 11.2. The molecular formula is C25H23IO6. The molecule has 3 aromatic carbocycles. The lowest BCUT2D eigenvalue weighted by atomic mass is 10.1. The van der Waals surface area contributed by atoms with Gasteiger partial charge in [-0.15, -0.1) is 0 Å². The Bertz CT molecular complexity index is 1030. The van der Waals surface area contributed by atoms with Gasteiger partial charge in [-0.1, -0.05) is 18.2 Å². The predicted octanol–water partition coefficient (Wildman–Crippen LogP) is 5.51. The van der Waals surface area contributed by atoms with Crippen molar-refractivity contribution < 1.29 is 28.6 Å². The van der Waals surface area contributed by atoms with Gasteiger partial charge in [-0.3, -0.25) is 14.4 Å². The lowest BCUT2D eigenvalue weighted by molar-refractivity contribution is -0.140. The summed E-state index contributed by atoms with van der Waals surface area (Å²) in [5.41, 5.74) is 2.25. The minimum absolute atomic E-state index is 0.257. The lowest BCUT2D eigenvalue weighted by Gasteiger charge is -2.12. The number of esters is 1. The Labute approximate surface area is 200 Å². The molecule has 0 aromatic heterocycles. The second-order valence-corrected chi connectivity index (χ2v) is 7.77. The number of methoxy groups -OCH3 is 2. The van der Waals surface area contributed by atoms with Crippen molar-refractivity contribution in [3.8, 4) is 17.2 Å². The van der Waals surface area contributed by atoms with Crippen LogP contribution in [0.2, 0.25) is 0 Å². The van der Waals surface area contributed by atoms with Gasteiger partial charge in [0.25, 0.3) is 0 Å². The van der Waals surface area contributed by atoms with E-state index in [1.165, 1.54) is 7.11 Å². The Morgan fingerprint density at radius 1 is 0.844 bits per heavy atom. The molecule has 7 heteroatoms. The summed E-state index contributed by atoms with van der Waals surface area (Å²) in [7, 11) is 2.93. The minimum Gasteiger partial charge on any atom is -0.493 e. The minimum atomic E-state index is -0.257. The fraction of sp³-hybridized carbons (Fsp3) is 0.160. The van der Waals surface area contributed by atoms with Gasteiger partial charge in [0, 0.05) is 21.1 Å². The van der Waals surface area contributed by atoms with Crippen LogP contribution in [0.15, 0.2) is 66.7 Å². The van der Waals surface area contributed by atoms with Gasteiger partial charge < -0.3 is 14.2 Å². The van der Waals surface area contributed by atoms with Crippen molar-refractivity contribution in [1.29, 1.82) is 0 Å². The number of rotatable bonds is 8. The van der Waals surface area contributed by atoms with E-state index < -0.39 is 0 Å². The molecule has 0 amide bonds. The third kappa shape index (κ3) is 8.14. The normalized spacial score (nSPS) is 9.72. The highest BCUT2D eigenvalue weighted by atomic mass is 127. The lowest BCUT2D eigenvalue weighted by Crippen LogP contribution is -2.02. The molecule has 3 aromatic rings. The van der Waals surface area contributed by atoms with E-state index in [0.717, 1.165) is 27.3 Å². The molecule has 0 atom stereocenters.